The molecule has 0 aliphatic carbocycles. The first-order valence-corrected chi connectivity index (χ1v) is 8.34. The molecule has 1 aromatic heterocycles. The lowest BCUT2D eigenvalue weighted by Crippen LogP contribution is -2.24. The Hall–Kier alpha value is -1.65. The van der Waals surface area contributed by atoms with E-state index >= 15 is 0 Å². The number of aryl methyl sites for hydroxylation is 2. The van der Waals surface area contributed by atoms with Crippen molar-refractivity contribution < 1.29 is 26.0 Å². The van der Waals surface area contributed by atoms with Crippen LogP contribution >= 0.6 is 11.6 Å². The number of benzene rings is 1. The minimum Gasteiger partial charge on any atom is -0.255 e. The van der Waals surface area contributed by atoms with E-state index in [0.717, 1.165) is 6.07 Å². The molecule has 0 unspecified atom stereocenters. The summed E-state index contributed by atoms with van der Waals surface area (Å²) in [4.78, 5) is -0.237. The van der Waals surface area contributed by atoms with E-state index < -0.39 is 34.1 Å². The first kappa shape index (κ1) is 18.7. The Morgan fingerprint density at radius 2 is 1.96 bits per heavy atom. The van der Waals surface area contributed by atoms with Gasteiger partial charge in [0.2, 0.25) is 10.0 Å². The summed E-state index contributed by atoms with van der Waals surface area (Å²) in [5.74, 6) is -1.48. The van der Waals surface area contributed by atoms with E-state index in [4.69, 9.17) is 11.6 Å². The standard InChI is InChI=1S/C13H12ClF4N3O2S/c1-7-11(12(14)21(2)20-7)24(22,23)19-6-8-3-4-9(10(15)5-8)13(16,17)18/h3-5,19H,6H2,1-2H3. The second kappa shape index (κ2) is 6.34. The number of halogens is 5. The van der Waals surface area contributed by atoms with Gasteiger partial charge in [-0.2, -0.15) is 18.3 Å². The molecule has 1 aromatic carbocycles. The van der Waals surface area contributed by atoms with E-state index in [2.05, 4.69) is 9.82 Å². The third-order valence-corrected chi connectivity index (χ3v) is 5.27. The molecule has 2 rings (SSSR count). The van der Waals surface area contributed by atoms with Crippen LogP contribution in [0.15, 0.2) is 23.1 Å². The molecule has 0 atom stereocenters. The van der Waals surface area contributed by atoms with E-state index in [9.17, 15) is 26.0 Å². The summed E-state index contributed by atoms with van der Waals surface area (Å²) in [5.41, 5.74) is -1.23. The van der Waals surface area contributed by atoms with Gasteiger partial charge in [-0.1, -0.05) is 17.7 Å². The molecule has 132 valence electrons. The van der Waals surface area contributed by atoms with Crippen LogP contribution < -0.4 is 4.72 Å². The summed E-state index contributed by atoms with van der Waals surface area (Å²) in [6.07, 6.45) is -4.82. The van der Waals surface area contributed by atoms with Crippen LogP contribution in [-0.4, -0.2) is 18.2 Å². The zero-order chi connectivity index (χ0) is 18.3. The van der Waals surface area contributed by atoms with Gasteiger partial charge < -0.3 is 0 Å². The Labute approximate surface area is 140 Å². The van der Waals surface area contributed by atoms with Crippen LogP contribution in [0.2, 0.25) is 5.15 Å². The van der Waals surface area contributed by atoms with Gasteiger partial charge in [-0.05, 0) is 24.6 Å². The van der Waals surface area contributed by atoms with Crippen molar-refractivity contribution >= 4 is 21.6 Å². The Morgan fingerprint density at radius 3 is 2.42 bits per heavy atom. The number of sulfonamides is 1. The third-order valence-electron chi connectivity index (χ3n) is 3.17. The van der Waals surface area contributed by atoms with Crippen LogP contribution in [0.4, 0.5) is 17.6 Å². The van der Waals surface area contributed by atoms with E-state index in [1.807, 2.05) is 0 Å². The molecule has 1 N–H and O–H groups in total. The molecule has 0 fully saturated rings. The largest absolute Gasteiger partial charge is 0.419 e. The lowest BCUT2D eigenvalue weighted by atomic mass is 10.1. The van der Waals surface area contributed by atoms with Crippen molar-refractivity contribution in [1.82, 2.24) is 14.5 Å². The van der Waals surface area contributed by atoms with Crippen molar-refractivity contribution in [3.05, 3.63) is 46.0 Å². The van der Waals surface area contributed by atoms with Gasteiger partial charge in [0.05, 0.1) is 11.3 Å². The van der Waals surface area contributed by atoms with Crippen LogP contribution in [0.5, 0.6) is 0 Å². The third kappa shape index (κ3) is 3.70. The van der Waals surface area contributed by atoms with Gasteiger partial charge in [0.15, 0.2) is 0 Å². The molecule has 2 aromatic rings. The predicted octanol–water partition coefficient (Wildman–Crippen LogP) is 3.02. The van der Waals surface area contributed by atoms with Crippen molar-refractivity contribution in [2.75, 3.05) is 0 Å². The minimum atomic E-state index is -4.82. The zero-order valence-corrected chi connectivity index (χ0v) is 14.0. The molecule has 24 heavy (non-hydrogen) atoms. The molecule has 1 heterocycles. The maximum Gasteiger partial charge on any atom is 0.419 e. The van der Waals surface area contributed by atoms with Gasteiger partial charge in [0.25, 0.3) is 0 Å². The van der Waals surface area contributed by atoms with Crippen molar-refractivity contribution in [3.8, 4) is 0 Å². The highest BCUT2D eigenvalue weighted by atomic mass is 35.5. The molecule has 0 saturated heterocycles. The summed E-state index contributed by atoms with van der Waals surface area (Å²) < 4.78 is 78.8. The van der Waals surface area contributed by atoms with E-state index in [0.29, 0.717) is 12.1 Å². The smallest absolute Gasteiger partial charge is 0.255 e. The van der Waals surface area contributed by atoms with Crippen LogP contribution in [0, 0.1) is 12.7 Å². The Morgan fingerprint density at radius 1 is 1.33 bits per heavy atom. The average Bonchev–Trinajstić information content (AvgIpc) is 2.69. The Balaban J connectivity index is 2.23. The molecule has 0 spiro atoms. The van der Waals surface area contributed by atoms with Crippen molar-refractivity contribution in [3.63, 3.8) is 0 Å². The lowest BCUT2D eigenvalue weighted by Gasteiger charge is -2.10. The molecular formula is C13H12ClF4N3O2S. The topological polar surface area (TPSA) is 64.0 Å². The van der Waals surface area contributed by atoms with Crippen LogP contribution in [-0.2, 0) is 29.8 Å². The fourth-order valence-electron chi connectivity index (χ4n) is 2.06. The average molecular weight is 386 g/mol. The SMILES string of the molecule is Cc1nn(C)c(Cl)c1S(=O)(=O)NCc1ccc(C(F)(F)F)c(F)c1. The summed E-state index contributed by atoms with van der Waals surface area (Å²) in [6, 6.07) is 2.18. The summed E-state index contributed by atoms with van der Waals surface area (Å²) in [6.45, 7) is 1.04. The molecule has 0 aliphatic heterocycles. The highest BCUT2D eigenvalue weighted by Crippen LogP contribution is 2.31. The number of alkyl halides is 3. The van der Waals surface area contributed by atoms with Gasteiger partial charge in [-0.25, -0.2) is 17.5 Å². The molecule has 11 heteroatoms. The van der Waals surface area contributed by atoms with Gasteiger partial charge in [-0.15, -0.1) is 0 Å². The molecular weight excluding hydrogens is 374 g/mol. The maximum atomic E-state index is 13.5. The number of hydrogen-bond acceptors (Lipinski definition) is 3. The Kier molecular flexibility index (Phi) is 4.93. The minimum absolute atomic E-state index is 0.0294. The number of hydrogen-bond donors (Lipinski definition) is 1. The fourth-order valence-corrected chi connectivity index (χ4v) is 3.83. The fraction of sp³-hybridized carbons (Fsp3) is 0.308. The summed E-state index contributed by atoms with van der Waals surface area (Å²) >= 11 is 5.87. The van der Waals surface area contributed by atoms with E-state index in [1.165, 1.54) is 18.7 Å². The summed E-state index contributed by atoms with van der Waals surface area (Å²) in [5, 5.41) is 3.75. The zero-order valence-electron chi connectivity index (χ0n) is 12.4. The number of nitrogens with one attached hydrogen (secondary N) is 1. The van der Waals surface area contributed by atoms with Gasteiger partial charge in [-0.3, -0.25) is 4.68 Å². The molecule has 0 aliphatic rings. The van der Waals surface area contributed by atoms with E-state index in [1.54, 1.807) is 0 Å². The van der Waals surface area contributed by atoms with Crippen molar-refractivity contribution in [2.45, 2.75) is 24.5 Å². The molecule has 0 saturated carbocycles. The van der Waals surface area contributed by atoms with Gasteiger partial charge in [0.1, 0.15) is 15.9 Å². The second-order valence-electron chi connectivity index (χ2n) is 4.97. The van der Waals surface area contributed by atoms with Crippen LogP contribution in [0.1, 0.15) is 16.8 Å². The molecule has 0 bridgehead atoms. The van der Waals surface area contributed by atoms with Crippen molar-refractivity contribution in [2.24, 2.45) is 7.05 Å². The molecule has 0 amide bonds. The van der Waals surface area contributed by atoms with Gasteiger partial charge in [0, 0.05) is 13.6 Å². The first-order valence-electron chi connectivity index (χ1n) is 6.48. The number of nitrogens with zero attached hydrogens (tertiary/aromatic N) is 2. The molecule has 5 nitrogen and oxygen atoms in total. The Bertz CT molecular complexity index is 878. The molecule has 0 radical (unpaired) electrons. The van der Waals surface area contributed by atoms with Crippen LogP contribution in [0.3, 0.4) is 0 Å². The number of rotatable bonds is 4. The van der Waals surface area contributed by atoms with Crippen LogP contribution in [0.25, 0.3) is 0 Å². The van der Waals surface area contributed by atoms with E-state index in [-0.39, 0.29) is 21.3 Å². The quantitative estimate of drug-likeness (QED) is 0.823. The normalized spacial score (nSPS) is 12.6. The first-order chi connectivity index (χ1) is 10.9. The highest BCUT2D eigenvalue weighted by molar-refractivity contribution is 7.89. The summed E-state index contributed by atoms with van der Waals surface area (Å²) in [7, 11) is -2.60. The monoisotopic (exact) mass is 385 g/mol. The number of aromatic nitrogens is 2. The maximum absolute atomic E-state index is 13.5. The lowest BCUT2D eigenvalue weighted by molar-refractivity contribution is -0.140. The highest BCUT2D eigenvalue weighted by Gasteiger charge is 2.34. The second-order valence-corrected chi connectivity index (χ2v) is 7.03. The van der Waals surface area contributed by atoms with Gasteiger partial charge >= 0.3 is 6.18 Å². The predicted molar refractivity (Wildman–Crippen MR) is 78.4 cm³/mol. The van der Waals surface area contributed by atoms with Crippen molar-refractivity contribution in [1.29, 1.82) is 0 Å².